The minimum Gasteiger partial charge on any atom is -0.467 e. The summed E-state index contributed by atoms with van der Waals surface area (Å²) in [5.74, 6) is 1.20. The molecule has 0 unspecified atom stereocenters. The van der Waals surface area contributed by atoms with Crippen LogP contribution < -0.4 is 5.32 Å². The van der Waals surface area contributed by atoms with E-state index in [0.29, 0.717) is 24.4 Å². The normalized spacial score (nSPS) is 16.2. The first-order chi connectivity index (χ1) is 14.1. The molecule has 2 amide bonds. The van der Waals surface area contributed by atoms with Crippen LogP contribution in [0.4, 0.5) is 0 Å². The summed E-state index contributed by atoms with van der Waals surface area (Å²) in [4.78, 5) is 26.6. The molecule has 148 valence electrons. The fraction of sp³-hybridized carbons (Fsp3) is 0.217. The van der Waals surface area contributed by atoms with Crippen molar-refractivity contribution in [3.05, 3.63) is 94.9 Å². The van der Waals surface area contributed by atoms with Crippen molar-refractivity contribution in [2.24, 2.45) is 0 Å². The smallest absolute Gasteiger partial charge is 0.251 e. The number of thioether (sulfide) groups is 1. The van der Waals surface area contributed by atoms with E-state index in [4.69, 9.17) is 4.42 Å². The number of nitrogens with one attached hydrogen (secondary N) is 1. The largest absolute Gasteiger partial charge is 0.467 e. The van der Waals surface area contributed by atoms with Gasteiger partial charge in [-0.05, 0) is 47.9 Å². The monoisotopic (exact) mass is 406 g/mol. The van der Waals surface area contributed by atoms with Crippen molar-refractivity contribution in [2.75, 3.05) is 5.75 Å². The molecule has 1 aliphatic rings. The molecule has 0 aliphatic carbocycles. The molecule has 1 aliphatic heterocycles. The highest BCUT2D eigenvalue weighted by atomic mass is 32.2. The summed E-state index contributed by atoms with van der Waals surface area (Å²) in [6.45, 7) is 2.98. The van der Waals surface area contributed by atoms with Gasteiger partial charge in [-0.1, -0.05) is 36.4 Å². The summed E-state index contributed by atoms with van der Waals surface area (Å²) in [7, 11) is 0. The predicted molar refractivity (Wildman–Crippen MR) is 113 cm³/mol. The molecule has 3 aromatic rings. The maximum absolute atomic E-state index is 12.5. The van der Waals surface area contributed by atoms with Crippen LogP contribution in [0.15, 0.2) is 71.3 Å². The Labute approximate surface area is 174 Å². The second kappa shape index (κ2) is 8.57. The van der Waals surface area contributed by atoms with Gasteiger partial charge in [0.2, 0.25) is 5.91 Å². The summed E-state index contributed by atoms with van der Waals surface area (Å²) >= 11 is 1.59. The molecule has 0 saturated carbocycles. The van der Waals surface area contributed by atoms with E-state index in [9.17, 15) is 9.59 Å². The highest BCUT2D eigenvalue weighted by molar-refractivity contribution is 8.00. The molecule has 0 radical (unpaired) electrons. The highest BCUT2D eigenvalue weighted by Gasteiger charge is 2.33. The van der Waals surface area contributed by atoms with Crippen LogP contribution in [-0.4, -0.2) is 22.5 Å². The van der Waals surface area contributed by atoms with E-state index in [1.165, 1.54) is 0 Å². The van der Waals surface area contributed by atoms with Crippen molar-refractivity contribution in [1.29, 1.82) is 0 Å². The van der Waals surface area contributed by atoms with Gasteiger partial charge in [-0.25, -0.2) is 0 Å². The van der Waals surface area contributed by atoms with Crippen LogP contribution in [0.25, 0.3) is 0 Å². The van der Waals surface area contributed by atoms with Gasteiger partial charge in [-0.15, -0.1) is 11.8 Å². The standard InChI is InChI=1S/C23H22N2O3S/c1-16-5-2-3-6-19(16)13-24-22(27)17-8-10-18(11-9-17)23-25(21(26)15-29-23)14-20-7-4-12-28-20/h2-12,23H,13-15H2,1H3,(H,24,27)/t23-/m0/s1. The van der Waals surface area contributed by atoms with E-state index in [1.807, 2.05) is 72.5 Å². The van der Waals surface area contributed by atoms with Gasteiger partial charge in [0.05, 0.1) is 18.6 Å². The Morgan fingerprint density at radius 2 is 1.93 bits per heavy atom. The molecule has 1 atom stereocenters. The van der Waals surface area contributed by atoms with Gasteiger partial charge in [-0.3, -0.25) is 9.59 Å². The molecule has 1 aromatic heterocycles. The van der Waals surface area contributed by atoms with Crippen molar-refractivity contribution in [2.45, 2.75) is 25.4 Å². The third-order valence-corrected chi connectivity index (χ3v) is 6.29. The molecule has 0 spiro atoms. The number of amides is 2. The number of hydrogen-bond donors (Lipinski definition) is 1. The van der Waals surface area contributed by atoms with E-state index < -0.39 is 0 Å². The summed E-state index contributed by atoms with van der Waals surface area (Å²) in [5.41, 5.74) is 3.87. The van der Waals surface area contributed by atoms with E-state index in [0.717, 1.165) is 22.5 Å². The number of aryl methyl sites for hydroxylation is 1. The molecule has 2 heterocycles. The lowest BCUT2D eigenvalue weighted by atomic mass is 10.1. The number of carbonyl (C=O) groups excluding carboxylic acids is 2. The van der Waals surface area contributed by atoms with Gasteiger partial charge in [0.15, 0.2) is 0 Å². The van der Waals surface area contributed by atoms with Crippen LogP contribution >= 0.6 is 11.8 Å². The first kappa shape index (κ1) is 19.3. The molecular weight excluding hydrogens is 384 g/mol. The molecule has 4 rings (SSSR count). The number of carbonyl (C=O) groups is 2. The fourth-order valence-electron chi connectivity index (χ4n) is 3.36. The Hall–Kier alpha value is -2.99. The molecule has 1 N–H and O–H groups in total. The zero-order chi connectivity index (χ0) is 20.2. The molecular formula is C23H22N2O3S. The third kappa shape index (κ3) is 4.38. The van der Waals surface area contributed by atoms with Gasteiger partial charge in [0.25, 0.3) is 5.91 Å². The van der Waals surface area contributed by atoms with Crippen LogP contribution in [0.2, 0.25) is 0 Å². The van der Waals surface area contributed by atoms with Crippen LogP contribution in [0.1, 0.15) is 38.2 Å². The van der Waals surface area contributed by atoms with Gasteiger partial charge in [0.1, 0.15) is 11.1 Å². The number of rotatable bonds is 6. The molecule has 6 heteroatoms. The van der Waals surface area contributed by atoms with E-state index in [2.05, 4.69) is 5.32 Å². The van der Waals surface area contributed by atoms with Gasteiger partial charge in [-0.2, -0.15) is 0 Å². The second-order valence-corrected chi connectivity index (χ2v) is 8.06. The molecule has 1 fully saturated rings. The first-order valence-corrected chi connectivity index (χ1v) is 10.5. The van der Waals surface area contributed by atoms with E-state index in [1.54, 1.807) is 18.0 Å². The van der Waals surface area contributed by atoms with Gasteiger partial charge in [0, 0.05) is 12.1 Å². The van der Waals surface area contributed by atoms with Crippen molar-refractivity contribution in [3.63, 3.8) is 0 Å². The lowest BCUT2D eigenvalue weighted by Gasteiger charge is -2.23. The maximum Gasteiger partial charge on any atom is 0.251 e. The maximum atomic E-state index is 12.5. The third-order valence-electron chi connectivity index (χ3n) is 5.03. The van der Waals surface area contributed by atoms with Crippen molar-refractivity contribution < 1.29 is 14.0 Å². The zero-order valence-corrected chi connectivity index (χ0v) is 16.9. The lowest BCUT2D eigenvalue weighted by molar-refractivity contribution is -0.128. The molecule has 29 heavy (non-hydrogen) atoms. The Bertz CT molecular complexity index is 999. The average molecular weight is 407 g/mol. The summed E-state index contributed by atoms with van der Waals surface area (Å²) in [5, 5.41) is 2.90. The van der Waals surface area contributed by atoms with Gasteiger partial charge < -0.3 is 14.6 Å². The SMILES string of the molecule is Cc1ccccc1CNC(=O)c1ccc([C@@H]2SCC(=O)N2Cc2ccco2)cc1. The van der Waals surface area contributed by atoms with Crippen molar-refractivity contribution in [3.8, 4) is 0 Å². The van der Waals surface area contributed by atoms with Crippen LogP contribution in [0.5, 0.6) is 0 Å². The average Bonchev–Trinajstić information content (AvgIpc) is 3.38. The highest BCUT2D eigenvalue weighted by Crippen LogP contribution is 2.39. The molecule has 2 aromatic carbocycles. The summed E-state index contributed by atoms with van der Waals surface area (Å²) in [6.07, 6.45) is 1.61. The number of benzene rings is 2. The fourth-order valence-corrected chi connectivity index (χ4v) is 4.54. The Morgan fingerprint density at radius 3 is 2.66 bits per heavy atom. The molecule has 0 bridgehead atoms. The number of nitrogens with zero attached hydrogens (tertiary/aromatic N) is 1. The molecule has 1 saturated heterocycles. The van der Waals surface area contributed by atoms with Crippen molar-refractivity contribution in [1.82, 2.24) is 10.2 Å². The van der Waals surface area contributed by atoms with Crippen LogP contribution in [0.3, 0.4) is 0 Å². The Kier molecular flexibility index (Phi) is 5.71. The minimum absolute atomic E-state index is 0.0725. The quantitative estimate of drug-likeness (QED) is 0.663. The lowest BCUT2D eigenvalue weighted by Crippen LogP contribution is -2.27. The van der Waals surface area contributed by atoms with E-state index in [-0.39, 0.29) is 17.2 Å². The Balaban J connectivity index is 1.42. The second-order valence-electron chi connectivity index (χ2n) is 7.00. The summed E-state index contributed by atoms with van der Waals surface area (Å²) in [6, 6.07) is 19.2. The Morgan fingerprint density at radius 1 is 1.14 bits per heavy atom. The first-order valence-electron chi connectivity index (χ1n) is 9.48. The van der Waals surface area contributed by atoms with Crippen LogP contribution in [0, 0.1) is 6.92 Å². The zero-order valence-electron chi connectivity index (χ0n) is 16.1. The van der Waals surface area contributed by atoms with Crippen LogP contribution in [-0.2, 0) is 17.9 Å². The molecule has 5 nitrogen and oxygen atoms in total. The van der Waals surface area contributed by atoms with Gasteiger partial charge >= 0.3 is 0 Å². The topological polar surface area (TPSA) is 62.6 Å². The number of hydrogen-bond acceptors (Lipinski definition) is 4. The number of furan rings is 1. The predicted octanol–water partition coefficient (Wildman–Crippen LogP) is 4.29. The van der Waals surface area contributed by atoms with E-state index >= 15 is 0 Å². The van der Waals surface area contributed by atoms with Crippen molar-refractivity contribution >= 4 is 23.6 Å². The summed E-state index contributed by atoms with van der Waals surface area (Å²) < 4.78 is 5.39. The minimum atomic E-state index is -0.109.